The molecule has 3 nitrogen and oxygen atoms in total. The standard InChI is InChI=1S/C14H21NO2/c1-17-14-7-5-12(6-8-14)11-15(9-10-16)13-3-2-4-13/h5-8,13,16H,2-4,9-11H2,1H3. The predicted octanol–water partition coefficient (Wildman–Crippen LogP) is 2.04. The summed E-state index contributed by atoms with van der Waals surface area (Å²) in [6.45, 7) is 1.94. The lowest BCUT2D eigenvalue weighted by Gasteiger charge is -2.37. The Morgan fingerprint density at radius 3 is 2.47 bits per heavy atom. The molecule has 0 radical (unpaired) electrons. The van der Waals surface area contributed by atoms with Crippen LogP contribution in [0.4, 0.5) is 0 Å². The highest BCUT2D eigenvalue weighted by Gasteiger charge is 2.24. The lowest BCUT2D eigenvalue weighted by molar-refractivity contribution is 0.0945. The molecule has 1 aromatic carbocycles. The predicted molar refractivity (Wildman–Crippen MR) is 68.1 cm³/mol. The van der Waals surface area contributed by atoms with Gasteiger partial charge in [-0.05, 0) is 30.5 Å². The third-order valence-corrected chi connectivity index (χ3v) is 3.52. The molecule has 1 aromatic rings. The van der Waals surface area contributed by atoms with Gasteiger partial charge in [0.1, 0.15) is 5.75 Å². The number of benzene rings is 1. The smallest absolute Gasteiger partial charge is 0.118 e. The lowest BCUT2D eigenvalue weighted by atomic mass is 9.91. The largest absolute Gasteiger partial charge is 0.497 e. The summed E-state index contributed by atoms with van der Waals surface area (Å²) >= 11 is 0. The van der Waals surface area contributed by atoms with Crippen LogP contribution in [-0.2, 0) is 6.54 Å². The van der Waals surface area contributed by atoms with Crippen LogP contribution < -0.4 is 4.74 Å². The second-order valence-corrected chi connectivity index (χ2v) is 4.63. The van der Waals surface area contributed by atoms with Crippen molar-refractivity contribution in [1.82, 2.24) is 4.90 Å². The van der Waals surface area contributed by atoms with Crippen LogP contribution in [0.5, 0.6) is 5.75 Å². The van der Waals surface area contributed by atoms with Crippen LogP contribution in [0.3, 0.4) is 0 Å². The molecule has 0 heterocycles. The fourth-order valence-electron chi connectivity index (χ4n) is 2.24. The van der Waals surface area contributed by atoms with Gasteiger partial charge in [-0.3, -0.25) is 4.90 Å². The van der Waals surface area contributed by atoms with Crippen LogP contribution in [0, 0.1) is 0 Å². The van der Waals surface area contributed by atoms with Crippen LogP contribution in [0.25, 0.3) is 0 Å². The van der Waals surface area contributed by atoms with E-state index < -0.39 is 0 Å². The van der Waals surface area contributed by atoms with Gasteiger partial charge in [-0.2, -0.15) is 0 Å². The minimum atomic E-state index is 0.243. The monoisotopic (exact) mass is 235 g/mol. The second-order valence-electron chi connectivity index (χ2n) is 4.63. The number of hydrogen-bond acceptors (Lipinski definition) is 3. The summed E-state index contributed by atoms with van der Waals surface area (Å²) in [6.07, 6.45) is 3.88. The summed E-state index contributed by atoms with van der Waals surface area (Å²) < 4.78 is 5.15. The van der Waals surface area contributed by atoms with Gasteiger partial charge in [-0.25, -0.2) is 0 Å². The van der Waals surface area contributed by atoms with E-state index in [1.165, 1.54) is 24.8 Å². The van der Waals surface area contributed by atoms with E-state index in [-0.39, 0.29) is 6.61 Å². The summed E-state index contributed by atoms with van der Waals surface area (Å²) in [6, 6.07) is 8.86. The van der Waals surface area contributed by atoms with Crippen molar-refractivity contribution in [3.63, 3.8) is 0 Å². The van der Waals surface area contributed by atoms with Gasteiger partial charge in [-0.15, -0.1) is 0 Å². The SMILES string of the molecule is COc1ccc(CN(CCO)C2CCC2)cc1. The molecule has 2 rings (SSSR count). The molecule has 0 saturated heterocycles. The Bertz CT molecular complexity index is 333. The highest BCUT2D eigenvalue weighted by atomic mass is 16.5. The Morgan fingerprint density at radius 1 is 1.29 bits per heavy atom. The zero-order valence-electron chi connectivity index (χ0n) is 10.4. The van der Waals surface area contributed by atoms with E-state index in [9.17, 15) is 0 Å². The zero-order chi connectivity index (χ0) is 12.1. The Morgan fingerprint density at radius 2 is 2.00 bits per heavy atom. The topological polar surface area (TPSA) is 32.7 Å². The number of aliphatic hydroxyl groups is 1. The number of methoxy groups -OCH3 is 1. The molecule has 1 saturated carbocycles. The fraction of sp³-hybridized carbons (Fsp3) is 0.571. The van der Waals surface area contributed by atoms with Gasteiger partial charge in [0.05, 0.1) is 13.7 Å². The van der Waals surface area contributed by atoms with E-state index in [1.54, 1.807) is 7.11 Å². The van der Waals surface area contributed by atoms with Gasteiger partial charge in [0.2, 0.25) is 0 Å². The highest BCUT2D eigenvalue weighted by Crippen LogP contribution is 2.26. The summed E-state index contributed by atoms with van der Waals surface area (Å²) in [4.78, 5) is 2.38. The van der Waals surface area contributed by atoms with Crippen molar-refractivity contribution < 1.29 is 9.84 Å². The lowest BCUT2D eigenvalue weighted by Crippen LogP contribution is -2.41. The van der Waals surface area contributed by atoms with Gasteiger partial charge in [0.25, 0.3) is 0 Å². The zero-order valence-corrected chi connectivity index (χ0v) is 10.4. The summed E-state index contributed by atoms with van der Waals surface area (Å²) in [5.41, 5.74) is 1.28. The molecule has 0 aliphatic heterocycles. The summed E-state index contributed by atoms with van der Waals surface area (Å²) in [5.74, 6) is 0.895. The van der Waals surface area contributed by atoms with E-state index >= 15 is 0 Å². The first-order chi connectivity index (χ1) is 8.33. The third kappa shape index (κ3) is 3.20. The van der Waals surface area contributed by atoms with Crippen LogP contribution in [0.2, 0.25) is 0 Å². The van der Waals surface area contributed by atoms with Crippen molar-refractivity contribution in [1.29, 1.82) is 0 Å². The van der Waals surface area contributed by atoms with E-state index in [2.05, 4.69) is 17.0 Å². The van der Waals surface area contributed by atoms with Crippen LogP contribution in [0.15, 0.2) is 24.3 Å². The molecule has 1 N–H and O–H groups in total. The van der Waals surface area contributed by atoms with E-state index in [4.69, 9.17) is 9.84 Å². The van der Waals surface area contributed by atoms with E-state index in [1.807, 2.05) is 12.1 Å². The van der Waals surface area contributed by atoms with Crippen molar-refractivity contribution in [3.05, 3.63) is 29.8 Å². The number of ether oxygens (including phenoxy) is 1. The molecule has 1 fully saturated rings. The first-order valence-corrected chi connectivity index (χ1v) is 6.31. The summed E-state index contributed by atoms with van der Waals surface area (Å²) in [7, 11) is 1.68. The molecule has 0 unspecified atom stereocenters. The minimum absolute atomic E-state index is 0.243. The van der Waals surface area contributed by atoms with Gasteiger partial charge in [-0.1, -0.05) is 18.6 Å². The van der Waals surface area contributed by atoms with E-state index in [0.717, 1.165) is 18.8 Å². The van der Waals surface area contributed by atoms with Gasteiger partial charge >= 0.3 is 0 Å². The highest BCUT2D eigenvalue weighted by molar-refractivity contribution is 5.27. The molecule has 0 aromatic heterocycles. The fourth-order valence-corrected chi connectivity index (χ4v) is 2.24. The van der Waals surface area contributed by atoms with Gasteiger partial charge < -0.3 is 9.84 Å². The molecule has 94 valence electrons. The Hall–Kier alpha value is -1.06. The van der Waals surface area contributed by atoms with Gasteiger partial charge in [0.15, 0.2) is 0 Å². The van der Waals surface area contributed by atoms with E-state index in [0.29, 0.717) is 6.04 Å². The number of aliphatic hydroxyl groups excluding tert-OH is 1. The molecule has 1 aliphatic rings. The minimum Gasteiger partial charge on any atom is -0.497 e. The Balaban J connectivity index is 1.95. The Labute approximate surface area is 103 Å². The van der Waals surface area contributed by atoms with Crippen LogP contribution in [-0.4, -0.2) is 36.3 Å². The molecule has 1 aliphatic carbocycles. The average Bonchev–Trinajstić information content (AvgIpc) is 2.28. The molecule has 3 heteroatoms. The third-order valence-electron chi connectivity index (χ3n) is 3.52. The molecule has 0 bridgehead atoms. The number of hydrogen-bond donors (Lipinski definition) is 1. The van der Waals surface area contributed by atoms with Crippen LogP contribution >= 0.6 is 0 Å². The van der Waals surface area contributed by atoms with Gasteiger partial charge in [0, 0.05) is 19.1 Å². The maximum atomic E-state index is 9.10. The molecule has 17 heavy (non-hydrogen) atoms. The molecule has 0 atom stereocenters. The first kappa shape index (κ1) is 12.4. The number of nitrogens with zero attached hydrogens (tertiary/aromatic N) is 1. The molecular formula is C14H21NO2. The Kier molecular flexibility index (Phi) is 4.40. The maximum Gasteiger partial charge on any atom is 0.118 e. The van der Waals surface area contributed by atoms with Crippen molar-refractivity contribution in [2.24, 2.45) is 0 Å². The van der Waals surface area contributed by atoms with Crippen molar-refractivity contribution in [2.75, 3.05) is 20.3 Å². The normalized spacial score (nSPS) is 15.9. The molecule has 0 amide bonds. The summed E-state index contributed by atoms with van der Waals surface area (Å²) in [5, 5.41) is 9.10. The van der Waals surface area contributed by atoms with Crippen molar-refractivity contribution >= 4 is 0 Å². The maximum absolute atomic E-state index is 9.10. The second kappa shape index (κ2) is 6.03. The first-order valence-electron chi connectivity index (χ1n) is 6.31. The number of rotatable bonds is 6. The van der Waals surface area contributed by atoms with Crippen molar-refractivity contribution in [2.45, 2.75) is 31.8 Å². The molecule has 0 spiro atoms. The quantitative estimate of drug-likeness (QED) is 0.819. The van der Waals surface area contributed by atoms with Crippen LogP contribution in [0.1, 0.15) is 24.8 Å². The average molecular weight is 235 g/mol. The van der Waals surface area contributed by atoms with Crippen molar-refractivity contribution in [3.8, 4) is 5.75 Å². The molecular weight excluding hydrogens is 214 g/mol.